The quantitative estimate of drug-likeness (QED) is 0.232. The highest BCUT2D eigenvalue weighted by atomic mass is 16.5. The molecule has 1 aliphatic heterocycles. The Kier molecular flexibility index (Phi) is 4.05. The van der Waals surface area contributed by atoms with Crippen molar-refractivity contribution in [1.82, 2.24) is 9.13 Å². The molecule has 2 aromatic heterocycles. The molecule has 182 valence electrons. The number of fused-ring (bicyclic) bond motifs is 8. The van der Waals surface area contributed by atoms with E-state index in [0.29, 0.717) is 0 Å². The average molecular weight is 499 g/mol. The topological polar surface area (TPSA) is 19.1 Å². The van der Waals surface area contributed by atoms with Crippen molar-refractivity contribution < 1.29 is 4.74 Å². The number of para-hydroxylation sites is 5. The molecule has 9 rings (SSSR count). The molecule has 3 heteroatoms. The van der Waals surface area contributed by atoms with Crippen LogP contribution in [0.4, 0.5) is 0 Å². The summed E-state index contributed by atoms with van der Waals surface area (Å²) in [4.78, 5) is 0. The first-order chi connectivity index (χ1) is 19.4. The minimum Gasteiger partial charge on any atom is -0.452 e. The molecule has 0 bridgehead atoms. The van der Waals surface area contributed by atoms with Gasteiger partial charge in [0, 0.05) is 32.8 Å². The van der Waals surface area contributed by atoms with Crippen molar-refractivity contribution in [2.45, 2.75) is 0 Å². The van der Waals surface area contributed by atoms with Gasteiger partial charge in [-0.1, -0.05) is 84.9 Å². The number of benzene rings is 6. The fourth-order valence-electron chi connectivity index (χ4n) is 6.46. The Balaban J connectivity index is 1.33. The molecule has 1 aliphatic rings. The second-order valence-corrected chi connectivity index (χ2v) is 10.2. The molecule has 0 aliphatic carbocycles. The molecule has 0 amide bonds. The third-order valence-electron chi connectivity index (χ3n) is 8.10. The summed E-state index contributed by atoms with van der Waals surface area (Å²) in [5.41, 5.74) is 9.15. The van der Waals surface area contributed by atoms with Crippen LogP contribution in [-0.4, -0.2) is 9.13 Å². The normalized spacial score (nSPS) is 12.3. The van der Waals surface area contributed by atoms with Gasteiger partial charge in [0.15, 0.2) is 11.5 Å². The lowest BCUT2D eigenvalue weighted by atomic mass is 10.0. The number of ether oxygens (including phenoxy) is 1. The minimum absolute atomic E-state index is 0.874. The van der Waals surface area contributed by atoms with E-state index in [9.17, 15) is 0 Å². The molecule has 3 nitrogen and oxygen atoms in total. The predicted molar refractivity (Wildman–Crippen MR) is 161 cm³/mol. The van der Waals surface area contributed by atoms with Crippen molar-refractivity contribution in [3.8, 4) is 34.0 Å². The number of rotatable bonds is 2. The van der Waals surface area contributed by atoms with Crippen LogP contribution in [0, 0.1) is 0 Å². The van der Waals surface area contributed by atoms with Gasteiger partial charge < -0.3 is 13.9 Å². The molecule has 0 fully saturated rings. The van der Waals surface area contributed by atoms with Crippen molar-refractivity contribution >= 4 is 43.6 Å². The van der Waals surface area contributed by atoms with E-state index in [-0.39, 0.29) is 0 Å². The van der Waals surface area contributed by atoms with Crippen LogP contribution >= 0.6 is 0 Å². The molecule has 0 saturated carbocycles. The monoisotopic (exact) mass is 498 g/mol. The lowest BCUT2D eigenvalue weighted by molar-refractivity contribution is 0.478. The summed E-state index contributed by atoms with van der Waals surface area (Å²) in [7, 11) is 0. The molecular weight excluding hydrogens is 476 g/mol. The second kappa shape index (κ2) is 7.62. The maximum Gasteiger partial charge on any atom is 0.160 e. The summed E-state index contributed by atoms with van der Waals surface area (Å²) in [6.07, 6.45) is 0. The molecule has 39 heavy (non-hydrogen) atoms. The molecule has 0 spiro atoms. The van der Waals surface area contributed by atoms with Gasteiger partial charge in [-0.3, -0.25) is 0 Å². The first kappa shape index (κ1) is 20.7. The molecule has 3 heterocycles. The maximum absolute atomic E-state index is 6.71. The van der Waals surface area contributed by atoms with E-state index < -0.39 is 0 Å². The van der Waals surface area contributed by atoms with Gasteiger partial charge in [-0.2, -0.15) is 0 Å². The highest BCUT2D eigenvalue weighted by Crippen LogP contribution is 2.49. The molecular formula is C36H22N2O. The number of aromatic nitrogens is 2. The van der Waals surface area contributed by atoms with Gasteiger partial charge >= 0.3 is 0 Å². The maximum atomic E-state index is 6.71. The van der Waals surface area contributed by atoms with Gasteiger partial charge in [0.25, 0.3) is 0 Å². The molecule has 0 saturated heterocycles. The van der Waals surface area contributed by atoms with Crippen LogP contribution < -0.4 is 4.74 Å². The Morgan fingerprint density at radius 3 is 1.82 bits per heavy atom. The van der Waals surface area contributed by atoms with Crippen molar-refractivity contribution in [3.63, 3.8) is 0 Å². The standard InChI is InChI=1S/C36H22N2O/c1-4-15-30-26(12-1)27-13-2-5-16-31(27)37(30)24-11-9-10-23(22-24)25-20-21-29-28-14-3-6-17-32(28)38-33-18-7-8-19-34(33)39-36(25)35(29)38/h1-22H. The number of hydrogen-bond acceptors (Lipinski definition) is 1. The highest BCUT2D eigenvalue weighted by molar-refractivity contribution is 6.14. The average Bonchev–Trinajstić information content (AvgIpc) is 3.52. The van der Waals surface area contributed by atoms with Gasteiger partial charge in [0.1, 0.15) is 0 Å². The van der Waals surface area contributed by atoms with E-state index >= 15 is 0 Å². The van der Waals surface area contributed by atoms with Gasteiger partial charge in [-0.25, -0.2) is 0 Å². The van der Waals surface area contributed by atoms with Gasteiger partial charge in [0.2, 0.25) is 0 Å². The first-order valence-electron chi connectivity index (χ1n) is 13.3. The summed E-state index contributed by atoms with van der Waals surface area (Å²) < 4.78 is 11.4. The van der Waals surface area contributed by atoms with E-state index in [1.165, 1.54) is 38.1 Å². The lowest BCUT2D eigenvalue weighted by Gasteiger charge is -2.23. The minimum atomic E-state index is 0.874. The molecule has 0 unspecified atom stereocenters. The van der Waals surface area contributed by atoms with Crippen LogP contribution in [0.3, 0.4) is 0 Å². The summed E-state index contributed by atoms with van der Waals surface area (Å²) in [6.45, 7) is 0. The highest BCUT2D eigenvalue weighted by Gasteiger charge is 2.26. The largest absolute Gasteiger partial charge is 0.452 e. The third kappa shape index (κ3) is 2.76. The zero-order valence-corrected chi connectivity index (χ0v) is 21.0. The van der Waals surface area contributed by atoms with Crippen LogP contribution in [0.25, 0.3) is 66.1 Å². The Labute approximate surface area is 224 Å². The van der Waals surface area contributed by atoms with Crippen molar-refractivity contribution in [2.24, 2.45) is 0 Å². The van der Waals surface area contributed by atoms with Crippen LogP contribution in [0.2, 0.25) is 0 Å². The van der Waals surface area contributed by atoms with Crippen molar-refractivity contribution in [3.05, 3.63) is 133 Å². The summed E-state index contributed by atoms with van der Waals surface area (Å²) in [5.74, 6) is 1.78. The Morgan fingerprint density at radius 1 is 0.462 bits per heavy atom. The third-order valence-corrected chi connectivity index (χ3v) is 8.10. The molecule has 0 atom stereocenters. The van der Waals surface area contributed by atoms with Gasteiger partial charge in [-0.05, 0) is 54.1 Å². The van der Waals surface area contributed by atoms with Crippen LogP contribution in [0.5, 0.6) is 11.5 Å². The van der Waals surface area contributed by atoms with E-state index in [1.54, 1.807) is 0 Å². The lowest BCUT2D eigenvalue weighted by Crippen LogP contribution is -2.05. The summed E-state index contributed by atoms with van der Waals surface area (Å²) in [6, 6.07) is 47.5. The summed E-state index contributed by atoms with van der Waals surface area (Å²) >= 11 is 0. The molecule has 0 radical (unpaired) electrons. The Hall–Kier alpha value is -5.28. The van der Waals surface area contributed by atoms with E-state index in [0.717, 1.165) is 39.5 Å². The zero-order chi connectivity index (χ0) is 25.5. The predicted octanol–water partition coefficient (Wildman–Crippen LogP) is 9.65. The smallest absolute Gasteiger partial charge is 0.160 e. The van der Waals surface area contributed by atoms with Crippen molar-refractivity contribution in [1.29, 1.82) is 0 Å². The SMILES string of the molecule is c1cc(-c2ccc3c4ccccc4n4c3c2Oc2ccccc2-4)cc(-n2c3ccccc3c3ccccc32)c1. The second-order valence-electron chi connectivity index (χ2n) is 10.2. The van der Waals surface area contributed by atoms with Crippen molar-refractivity contribution in [2.75, 3.05) is 0 Å². The van der Waals surface area contributed by atoms with Crippen LogP contribution in [-0.2, 0) is 0 Å². The molecule has 6 aromatic carbocycles. The van der Waals surface area contributed by atoms with E-state index in [1.807, 2.05) is 6.07 Å². The van der Waals surface area contributed by atoms with Gasteiger partial charge in [-0.15, -0.1) is 0 Å². The first-order valence-corrected chi connectivity index (χ1v) is 13.3. The molecule has 8 aromatic rings. The van der Waals surface area contributed by atoms with Crippen LogP contribution in [0.15, 0.2) is 133 Å². The molecule has 0 N–H and O–H groups in total. The number of nitrogens with zero attached hydrogens (tertiary/aromatic N) is 2. The Morgan fingerprint density at radius 2 is 1.08 bits per heavy atom. The zero-order valence-electron chi connectivity index (χ0n) is 21.0. The Bertz CT molecular complexity index is 2210. The van der Waals surface area contributed by atoms with Crippen LogP contribution in [0.1, 0.15) is 0 Å². The fraction of sp³-hybridized carbons (Fsp3) is 0. The van der Waals surface area contributed by atoms with E-state index in [2.05, 4.69) is 137 Å². The fourth-order valence-corrected chi connectivity index (χ4v) is 6.46. The summed E-state index contributed by atoms with van der Waals surface area (Å²) in [5, 5.41) is 4.97. The van der Waals surface area contributed by atoms with E-state index in [4.69, 9.17) is 4.74 Å². The number of hydrogen-bond donors (Lipinski definition) is 0. The van der Waals surface area contributed by atoms with Gasteiger partial charge in [0.05, 0.1) is 27.8 Å².